The molecule has 4 aromatic carbocycles. The van der Waals surface area contributed by atoms with Gasteiger partial charge in [0.25, 0.3) is 5.91 Å². The number of nitrogens with one attached hydrogen (secondary N) is 3. The van der Waals surface area contributed by atoms with Gasteiger partial charge >= 0.3 is 12.0 Å². The highest BCUT2D eigenvalue weighted by Gasteiger charge is 2.23. The van der Waals surface area contributed by atoms with Crippen LogP contribution in [0.25, 0.3) is 10.8 Å². The number of anilines is 2. The first-order valence-corrected chi connectivity index (χ1v) is 11.6. The molecule has 36 heavy (non-hydrogen) atoms. The van der Waals surface area contributed by atoms with Crippen molar-refractivity contribution in [1.29, 1.82) is 0 Å². The molecule has 0 saturated carbocycles. The second kappa shape index (κ2) is 10.7. The predicted molar refractivity (Wildman–Crippen MR) is 142 cm³/mol. The van der Waals surface area contributed by atoms with Gasteiger partial charge in [-0.05, 0) is 53.4 Å². The summed E-state index contributed by atoms with van der Waals surface area (Å²) in [7, 11) is 0. The van der Waals surface area contributed by atoms with E-state index in [0.29, 0.717) is 5.69 Å². The Balaban J connectivity index is 1.62. The van der Waals surface area contributed by atoms with E-state index < -0.39 is 23.9 Å². The Morgan fingerprint density at radius 2 is 1.39 bits per heavy atom. The maximum Gasteiger partial charge on any atom is 0.326 e. The Morgan fingerprint density at radius 1 is 0.778 bits per heavy atom. The summed E-state index contributed by atoms with van der Waals surface area (Å²) in [5.74, 6) is -1.73. The largest absolute Gasteiger partial charge is 0.480 e. The normalized spacial score (nSPS) is 11.5. The number of fused-ring (bicyclic) bond motifs is 1. The zero-order chi connectivity index (χ0) is 25.7. The summed E-state index contributed by atoms with van der Waals surface area (Å²) >= 11 is 0. The molecule has 0 radical (unpaired) electrons. The minimum Gasteiger partial charge on any atom is -0.480 e. The fourth-order valence-electron chi connectivity index (χ4n) is 4.10. The van der Waals surface area contributed by atoms with Crippen LogP contribution in [0.4, 0.5) is 16.2 Å². The number of urea groups is 1. The molecule has 1 atom stereocenters. The number of carboxylic acids is 1. The number of para-hydroxylation sites is 1. The van der Waals surface area contributed by atoms with Crippen LogP contribution in [0.5, 0.6) is 0 Å². The number of carboxylic acid groups (broad SMARTS) is 1. The molecule has 3 amide bonds. The molecule has 0 saturated heterocycles. The summed E-state index contributed by atoms with van der Waals surface area (Å²) in [5.41, 5.74) is 3.74. The number of benzene rings is 4. The smallest absolute Gasteiger partial charge is 0.326 e. The second-order valence-electron chi connectivity index (χ2n) is 8.64. The first-order valence-electron chi connectivity index (χ1n) is 11.6. The molecule has 4 N–H and O–H groups in total. The Bertz CT molecular complexity index is 1410. The number of carbonyl (C=O) groups excluding carboxylic acids is 2. The summed E-state index contributed by atoms with van der Waals surface area (Å²) in [6.07, 6.45) is 0.130. The van der Waals surface area contributed by atoms with Crippen LogP contribution in [0.2, 0.25) is 0 Å². The van der Waals surface area contributed by atoms with Crippen molar-refractivity contribution < 1.29 is 19.5 Å². The van der Waals surface area contributed by atoms with Crippen molar-refractivity contribution in [2.24, 2.45) is 0 Å². The lowest BCUT2D eigenvalue weighted by molar-refractivity contribution is -0.139. The highest BCUT2D eigenvalue weighted by molar-refractivity contribution is 6.10. The van der Waals surface area contributed by atoms with E-state index in [1.54, 1.807) is 12.1 Å². The molecule has 182 valence electrons. The number of rotatable bonds is 7. The minimum atomic E-state index is -1.14. The van der Waals surface area contributed by atoms with E-state index in [0.717, 1.165) is 27.5 Å². The Kier molecular flexibility index (Phi) is 7.30. The van der Waals surface area contributed by atoms with Crippen molar-refractivity contribution >= 4 is 40.1 Å². The van der Waals surface area contributed by atoms with Gasteiger partial charge in [0.15, 0.2) is 0 Å². The molecule has 0 aromatic heterocycles. The molecule has 7 nitrogen and oxygen atoms in total. The predicted octanol–water partition coefficient (Wildman–Crippen LogP) is 5.53. The molecule has 0 heterocycles. The number of amides is 3. The van der Waals surface area contributed by atoms with Crippen molar-refractivity contribution in [3.05, 3.63) is 107 Å². The van der Waals surface area contributed by atoms with Gasteiger partial charge in [0, 0.05) is 12.1 Å². The molecule has 0 aliphatic heterocycles. The third-order valence-corrected chi connectivity index (χ3v) is 5.98. The summed E-state index contributed by atoms with van der Waals surface area (Å²) in [6, 6.07) is 24.0. The lowest BCUT2D eigenvalue weighted by Gasteiger charge is -2.18. The molecule has 4 rings (SSSR count). The van der Waals surface area contributed by atoms with Crippen LogP contribution in [0.1, 0.15) is 27.0 Å². The fraction of sp³-hybridized carbons (Fsp3) is 0.138. The average molecular weight is 482 g/mol. The first-order chi connectivity index (χ1) is 17.3. The van der Waals surface area contributed by atoms with E-state index in [1.165, 1.54) is 0 Å². The third kappa shape index (κ3) is 5.70. The molecular weight excluding hydrogens is 454 g/mol. The van der Waals surface area contributed by atoms with E-state index in [2.05, 4.69) is 16.0 Å². The van der Waals surface area contributed by atoms with Gasteiger partial charge in [-0.3, -0.25) is 4.79 Å². The molecule has 0 unspecified atom stereocenters. The number of hydrogen-bond donors (Lipinski definition) is 4. The Labute approximate surface area is 209 Å². The van der Waals surface area contributed by atoms with E-state index >= 15 is 0 Å². The quantitative estimate of drug-likeness (QED) is 0.278. The van der Waals surface area contributed by atoms with E-state index in [9.17, 15) is 19.5 Å². The molecule has 7 heteroatoms. The minimum absolute atomic E-state index is 0.130. The molecule has 0 spiro atoms. The molecule has 4 aromatic rings. The van der Waals surface area contributed by atoms with Crippen molar-refractivity contribution in [2.75, 3.05) is 10.6 Å². The van der Waals surface area contributed by atoms with Crippen LogP contribution in [-0.2, 0) is 11.2 Å². The van der Waals surface area contributed by atoms with E-state index in [-0.39, 0.29) is 17.7 Å². The van der Waals surface area contributed by atoms with Gasteiger partial charge < -0.3 is 21.1 Å². The highest BCUT2D eigenvalue weighted by atomic mass is 16.4. The molecule has 0 bridgehead atoms. The summed E-state index contributed by atoms with van der Waals surface area (Å²) in [4.78, 5) is 38.2. The zero-order valence-corrected chi connectivity index (χ0v) is 20.0. The Hall–Kier alpha value is -4.65. The zero-order valence-electron chi connectivity index (χ0n) is 20.0. The topological polar surface area (TPSA) is 108 Å². The van der Waals surface area contributed by atoms with Gasteiger partial charge in [-0.25, -0.2) is 9.59 Å². The van der Waals surface area contributed by atoms with Crippen LogP contribution >= 0.6 is 0 Å². The Morgan fingerprint density at radius 3 is 2.03 bits per heavy atom. The van der Waals surface area contributed by atoms with E-state index in [4.69, 9.17) is 0 Å². The number of carbonyl (C=O) groups is 3. The lowest BCUT2D eigenvalue weighted by atomic mass is 10.0. The van der Waals surface area contributed by atoms with Crippen molar-refractivity contribution in [1.82, 2.24) is 5.32 Å². The van der Waals surface area contributed by atoms with Crippen LogP contribution < -0.4 is 16.0 Å². The maximum atomic E-state index is 13.3. The van der Waals surface area contributed by atoms with Crippen molar-refractivity contribution in [2.45, 2.75) is 26.3 Å². The monoisotopic (exact) mass is 481 g/mol. The first kappa shape index (κ1) is 24.5. The van der Waals surface area contributed by atoms with Crippen LogP contribution in [0, 0.1) is 13.8 Å². The molecule has 0 fully saturated rings. The molecule has 0 aliphatic carbocycles. The van der Waals surface area contributed by atoms with Gasteiger partial charge in [0.1, 0.15) is 6.04 Å². The lowest BCUT2D eigenvalue weighted by Crippen LogP contribution is -2.42. The van der Waals surface area contributed by atoms with Gasteiger partial charge in [-0.1, -0.05) is 72.8 Å². The van der Waals surface area contributed by atoms with Crippen LogP contribution in [0.15, 0.2) is 84.9 Å². The molecular formula is C29H27N3O4. The third-order valence-electron chi connectivity index (χ3n) is 5.98. The standard InChI is InChI=1S/C29H27N3O4/c1-18-9-8-10-19(2)26(18)32-29(36)31-24-17-22-14-7-6-13-21(22)16-23(24)27(33)30-25(28(34)35)15-20-11-4-3-5-12-20/h3-14,16-17,25H,15H2,1-2H3,(H,30,33)(H,34,35)(H2,31,32,36)/t25-/m0/s1. The summed E-state index contributed by atoms with van der Waals surface area (Å²) in [6.45, 7) is 3.80. The second-order valence-corrected chi connectivity index (χ2v) is 8.64. The van der Waals surface area contributed by atoms with Gasteiger partial charge in [-0.2, -0.15) is 0 Å². The van der Waals surface area contributed by atoms with Gasteiger partial charge in [-0.15, -0.1) is 0 Å². The van der Waals surface area contributed by atoms with Crippen molar-refractivity contribution in [3.8, 4) is 0 Å². The number of hydrogen-bond acceptors (Lipinski definition) is 3. The van der Waals surface area contributed by atoms with Crippen LogP contribution in [0.3, 0.4) is 0 Å². The van der Waals surface area contributed by atoms with Crippen molar-refractivity contribution in [3.63, 3.8) is 0 Å². The van der Waals surface area contributed by atoms with Gasteiger partial charge in [0.05, 0.1) is 11.3 Å². The number of aliphatic carboxylic acids is 1. The number of aryl methyl sites for hydroxylation is 2. The summed E-state index contributed by atoms with van der Waals surface area (Å²) in [5, 5.41) is 19.6. The molecule has 0 aliphatic rings. The summed E-state index contributed by atoms with van der Waals surface area (Å²) < 4.78 is 0. The SMILES string of the molecule is Cc1cccc(C)c1NC(=O)Nc1cc2ccccc2cc1C(=O)N[C@@H](Cc1ccccc1)C(=O)O. The van der Waals surface area contributed by atoms with Crippen LogP contribution in [-0.4, -0.2) is 29.1 Å². The maximum absolute atomic E-state index is 13.3. The average Bonchev–Trinajstić information content (AvgIpc) is 2.86. The fourth-order valence-corrected chi connectivity index (χ4v) is 4.10. The van der Waals surface area contributed by atoms with E-state index in [1.807, 2.05) is 86.6 Å². The van der Waals surface area contributed by atoms with Gasteiger partial charge in [0.2, 0.25) is 0 Å². The highest BCUT2D eigenvalue weighted by Crippen LogP contribution is 2.26.